The lowest BCUT2D eigenvalue weighted by Gasteiger charge is -2.06. The largest absolute Gasteiger partial charge is 0.508 e. The predicted octanol–water partition coefficient (Wildman–Crippen LogP) is 3.29. The second-order valence-electron chi connectivity index (χ2n) is 5.07. The minimum absolute atomic E-state index is 0.00257. The van der Waals surface area contributed by atoms with Crippen LogP contribution in [0.15, 0.2) is 58.1 Å². The number of aromatic hydroxyl groups is 1. The first kappa shape index (κ1) is 17.7. The standard InChI is InChI=1S/C17H16BrN3O3/c1-11(9-16(23)19-14-7-5-13(18)6-8-14)20-21-17(24)12-3-2-4-15(22)10-12/h2-8,10,22H,9H2,1H3,(H,19,23)(H,21,24)/b20-11+. The summed E-state index contributed by atoms with van der Waals surface area (Å²) in [6, 6.07) is 13.1. The first-order valence-corrected chi connectivity index (χ1v) is 7.91. The van der Waals surface area contributed by atoms with Crippen LogP contribution in [0.3, 0.4) is 0 Å². The van der Waals surface area contributed by atoms with E-state index in [9.17, 15) is 14.7 Å². The molecule has 0 aliphatic heterocycles. The first-order valence-electron chi connectivity index (χ1n) is 7.12. The summed E-state index contributed by atoms with van der Waals surface area (Å²) < 4.78 is 0.924. The second kappa shape index (κ2) is 8.26. The molecular formula is C17H16BrN3O3. The summed E-state index contributed by atoms with van der Waals surface area (Å²) in [5.74, 6) is -0.694. The molecule has 0 saturated carbocycles. The summed E-state index contributed by atoms with van der Waals surface area (Å²) in [5.41, 5.74) is 3.77. The van der Waals surface area contributed by atoms with E-state index in [2.05, 4.69) is 31.8 Å². The number of nitrogens with zero attached hydrogens (tertiary/aromatic N) is 1. The molecule has 2 aromatic rings. The van der Waals surface area contributed by atoms with Crippen LogP contribution in [-0.4, -0.2) is 22.6 Å². The lowest BCUT2D eigenvalue weighted by Crippen LogP contribution is -2.21. The number of hydrazone groups is 1. The average Bonchev–Trinajstić information content (AvgIpc) is 2.54. The van der Waals surface area contributed by atoms with E-state index in [1.165, 1.54) is 12.1 Å². The van der Waals surface area contributed by atoms with Crippen molar-refractivity contribution in [2.45, 2.75) is 13.3 Å². The monoisotopic (exact) mass is 389 g/mol. The van der Waals surface area contributed by atoms with Gasteiger partial charge in [-0.3, -0.25) is 9.59 Å². The van der Waals surface area contributed by atoms with Gasteiger partial charge in [-0.15, -0.1) is 0 Å². The third-order valence-corrected chi connectivity index (χ3v) is 3.53. The number of nitrogens with one attached hydrogen (secondary N) is 2. The zero-order valence-electron chi connectivity index (χ0n) is 12.9. The Kier molecular flexibility index (Phi) is 6.08. The van der Waals surface area contributed by atoms with E-state index < -0.39 is 5.91 Å². The summed E-state index contributed by atoms with van der Waals surface area (Å²) in [5, 5.41) is 16.0. The van der Waals surface area contributed by atoms with Crippen molar-refractivity contribution in [2.24, 2.45) is 5.10 Å². The smallest absolute Gasteiger partial charge is 0.271 e. The maximum Gasteiger partial charge on any atom is 0.271 e. The van der Waals surface area contributed by atoms with Gasteiger partial charge in [0.15, 0.2) is 0 Å². The van der Waals surface area contributed by atoms with Crippen LogP contribution in [0.5, 0.6) is 5.75 Å². The molecule has 0 bridgehead atoms. The third-order valence-electron chi connectivity index (χ3n) is 3.00. The molecule has 24 heavy (non-hydrogen) atoms. The van der Waals surface area contributed by atoms with Crippen molar-refractivity contribution in [3.05, 3.63) is 58.6 Å². The van der Waals surface area contributed by atoms with Crippen molar-refractivity contribution in [1.29, 1.82) is 0 Å². The Morgan fingerprint density at radius 3 is 2.54 bits per heavy atom. The lowest BCUT2D eigenvalue weighted by molar-refractivity contribution is -0.115. The van der Waals surface area contributed by atoms with Gasteiger partial charge < -0.3 is 10.4 Å². The van der Waals surface area contributed by atoms with E-state index in [4.69, 9.17) is 0 Å². The fraction of sp³-hybridized carbons (Fsp3) is 0.118. The minimum Gasteiger partial charge on any atom is -0.508 e. The van der Waals surface area contributed by atoms with Crippen molar-refractivity contribution in [3.8, 4) is 5.75 Å². The van der Waals surface area contributed by atoms with E-state index in [1.807, 2.05) is 12.1 Å². The number of carbonyl (C=O) groups is 2. The molecule has 0 aromatic heterocycles. The molecule has 2 aromatic carbocycles. The number of anilines is 1. The summed E-state index contributed by atoms with van der Waals surface area (Å²) >= 11 is 3.32. The highest BCUT2D eigenvalue weighted by molar-refractivity contribution is 9.10. The van der Waals surface area contributed by atoms with Gasteiger partial charge in [-0.25, -0.2) is 5.43 Å². The van der Waals surface area contributed by atoms with Crippen molar-refractivity contribution in [1.82, 2.24) is 5.43 Å². The average molecular weight is 390 g/mol. The van der Waals surface area contributed by atoms with Gasteiger partial charge in [0.05, 0.1) is 6.42 Å². The van der Waals surface area contributed by atoms with Crippen molar-refractivity contribution in [2.75, 3.05) is 5.32 Å². The van der Waals surface area contributed by atoms with Gasteiger partial charge in [0.25, 0.3) is 5.91 Å². The number of halogens is 1. The number of amides is 2. The molecule has 6 nitrogen and oxygen atoms in total. The Balaban J connectivity index is 1.87. The summed E-state index contributed by atoms with van der Waals surface area (Å²) in [4.78, 5) is 23.8. The number of rotatable bonds is 5. The molecule has 0 unspecified atom stereocenters. The normalized spacial score (nSPS) is 11.0. The maximum atomic E-state index is 11.9. The van der Waals surface area contributed by atoms with Gasteiger partial charge in [-0.05, 0) is 49.4 Å². The fourth-order valence-corrected chi connectivity index (χ4v) is 2.13. The Hall–Kier alpha value is -2.67. The van der Waals surface area contributed by atoms with Gasteiger partial charge in [-0.1, -0.05) is 22.0 Å². The SMILES string of the molecule is C/C(CC(=O)Nc1ccc(Br)cc1)=N\NC(=O)c1cccc(O)c1. The molecular weight excluding hydrogens is 374 g/mol. The number of benzene rings is 2. The molecule has 2 rings (SSSR count). The number of hydrogen-bond donors (Lipinski definition) is 3. The van der Waals surface area contributed by atoms with E-state index in [1.54, 1.807) is 31.2 Å². The van der Waals surface area contributed by atoms with Gasteiger partial charge in [0, 0.05) is 21.4 Å². The Morgan fingerprint density at radius 2 is 1.88 bits per heavy atom. The summed E-state index contributed by atoms with van der Waals surface area (Å²) in [6.07, 6.45) is 0.0520. The molecule has 0 saturated heterocycles. The van der Waals surface area contributed by atoms with E-state index >= 15 is 0 Å². The van der Waals surface area contributed by atoms with Crippen molar-refractivity contribution < 1.29 is 14.7 Å². The van der Waals surface area contributed by atoms with Crippen LogP contribution in [0.2, 0.25) is 0 Å². The van der Waals surface area contributed by atoms with Crippen LogP contribution in [0.1, 0.15) is 23.7 Å². The molecule has 124 valence electrons. The van der Waals surface area contributed by atoms with Crippen LogP contribution < -0.4 is 10.7 Å². The van der Waals surface area contributed by atoms with Crippen LogP contribution in [0.4, 0.5) is 5.69 Å². The minimum atomic E-state index is -0.460. The molecule has 0 atom stereocenters. The van der Waals surface area contributed by atoms with E-state index in [0.29, 0.717) is 11.4 Å². The molecule has 7 heteroatoms. The van der Waals surface area contributed by atoms with Crippen molar-refractivity contribution in [3.63, 3.8) is 0 Å². The molecule has 0 radical (unpaired) electrons. The lowest BCUT2D eigenvalue weighted by atomic mass is 10.2. The Morgan fingerprint density at radius 1 is 1.17 bits per heavy atom. The molecule has 0 aliphatic rings. The van der Waals surface area contributed by atoms with Crippen LogP contribution >= 0.6 is 15.9 Å². The summed E-state index contributed by atoms with van der Waals surface area (Å²) in [7, 11) is 0. The molecule has 0 fully saturated rings. The molecule has 0 heterocycles. The van der Waals surface area contributed by atoms with Gasteiger partial charge >= 0.3 is 0 Å². The number of phenolic OH excluding ortho intramolecular Hbond substituents is 1. The first-order chi connectivity index (χ1) is 11.4. The second-order valence-corrected chi connectivity index (χ2v) is 5.99. The number of hydrogen-bond acceptors (Lipinski definition) is 4. The summed E-state index contributed by atoms with van der Waals surface area (Å²) in [6.45, 7) is 1.64. The molecule has 3 N–H and O–H groups in total. The highest BCUT2D eigenvalue weighted by Crippen LogP contribution is 2.14. The Labute approximate surface area is 147 Å². The predicted molar refractivity (Wildman–Crippen MR) is 96.1 cm³/mol. The van der Waals surface area contributed by atoms with E-state index in [-0.39, 0.29) is 23.6 Å². The third kappa shape index (κ3) is 5.51. The highest BCUT2D eigenvalue weighted by Gasteiger charge is 2.07. The van der Waals surface area contributed by atoms with Crippen LogP contribution in [-0.2, 0) is 4.79 Å². The number of phenols is 1. The van der Waals surface area contributed by atoms with Crippen LogP contribution in [0.25, 0.3) is 0 Å². The number of carbonyl (C=O) groups excluding carboxylic acids is 2. The van der Waals surface area contributed by atoms with Gasteiger partial charge in [0.2, 0.25) is 5.91 Å². The zero-order chi connectivity index (χ0) is 17.5. The fourth-order valence-electron chi connectivity index (χ4n) is 1.87. The van der Waals surface area contributed by atoms with Crippen LogP contribution in [0, 0.1) is 0 Å². The van der Waals surface area contributed by atoms with E-state index in [0.717, 1.165) is 4.47 Å². The maximum absolute atomic E-state index is 11.9. The Bertz CT molecular complexity index is 773. The topological polar surface area (TPSA) is 90.8 Å². The highest BCUT2D eigenvalue weighted by atomic mass is 79.9. The molecule has 2 amide bonds. The quantitative estimate of drug-likeness (QED) is 0.541. The van der Waals surface area contributed by atoms with Gasteiger partial charge in [-0.2, -0.15) is 5.10 Å². The molecule has 0 aliphatic carbocycles. The molecule has 0 spiro atoms. The zero-order valence-corrected chi connectivity index (χ0v) is 14.5. The van der Waals surface area contributed by atoms with Gasteiger partial charge in [0.1, 0.15) is 5.75 Å². The van der Waals surface area contributed by atoms with Crippen molar-refractivity contribution >= 4 is 39.1 Å².